The lowest BCUT2D eigenvalue weighted by atomic mass is 10.1. The molecule has 1 saturated carbocycles. The minimum Gasteiger partial charge on any atom is -0.386 e. The Balaban J connectivity index is 1.93. The molecule has 0 saturated heterocycles. The van der Waals surface area contributed by atoms with E-state index in [1.54, 1.807) is 11.3 Å². The van der Waals surface area contributed by atoms with Gasteiger partial charge in [-0.05, 0) is 30.7 Å². The second-order valence-corrected chi connectivity index (χ2v) is 5.60. The first-order valence-electron chi connectivity index (χ1n) is 6.28. The van der Waals surface area contributed by atoms with Gasteiger partial charge in [-0.2, -0.15) is 0 Å². The van der Waals surface area contributed by atoms with E-state index >= 15 is 0 Å². The summed E-state index contributed by atoms with van der Waals surface area (Å²) in [6, 6.07) is 4.86. The molecule has 1 fully saturated rings. The van der Waals surface area contributed by atoms with Gasteiger partial charge in [0.2, 0.25) is 0 Å². The Labute approximate surface area is 102 Å². The van der Waals surface area contributed by atoms with Gasteiger partial charge in [-0.15, -0.1) is 11.3 Å². The molecule has 0 radical (unpaired) electrons. The highest BCUT2D eigenvalue weighted by atomic mass is 32.1. The van der Waals surface area contributed by atoms with Crippen LogP contribution in [0.3, 0.4) is 0 Å². The summed E-state index contributed by atoms with van der Waals surface area (Å²) in [4.78, 5) is 1.08. The van der Waals surface area contributed by atoms with E-state index in [-0.39, 0.29) is 12.1 Å². The second kappa shape index (κ2) is 5.80. The van der Waals surface area contributed by atoms with Crippen molar-refractivity contribution >= 4 is 11.3 Å². The number of hydrogen-bond acceptors (Lipinski definition) is 3. The lowest BCUT2D eigenvalue weighted by Gasteiger charge is -2.25. The lowest BCUT2D eigenvalue weighted by molar-refractivity contribution is 0.122. The molecule has 2 nitrogen and oxygen atoms in total. The van der Waals surface area contributed by atoms with Crippen molar-refractivity contribution in [2.24, 2.45) is 0 Å². The van der Waals surface area contributed by atoms with Crippen LogP contribution in [0, 0.1) is 0 Å². The highest BCUT2D eigenvalue weighted by Gasteiger charge is 2.24. The molecule has 1 aliphatic rings. The topological polar surface area (TPSA) is 32.3 Å². The lowest BCUT2D eigenvalue weighted by Crippen LogP contribution is -2.40. The summed E-state index contributed by atoms with van der Waals surface area (Å²) < 4.78 is 0. The van der Waals surface area contributed by atoms with Gasteiger partial charge in [-0.3, -0.25) is 0 Å². The molecule has 1 aliphatic carbocycles. The quantitative estimate of drug-likeness (QED) is 0.827. The number of thiophene rings is 1. The van der Waals surface area contributed by atoms with Crippen LogP contribution in [0.25, 0.3) is 0 Å². The third-order valence-corrected chi connectivity index (χ3v) is 4.40. The molecule has 0 spiro atoms. The molecule has 2 N–H and O–H groups in total. The molecule has 90 valence electrons. The molecule has 1 aromatic rings. The number of nitrogens with one attached hydrogen (secondary N) is 1. The normalized spacial score (nSPS) is 21.1. The highest BCUT2D eigenvalue weighted by Crippen LogP contribution is 2.26. The van der Waals surface area contributed by atoms with Crippen LogP contribution in [0.2, 0.25) is 0 Å². The van der Waals surface area contributed by atoms with Gasteiger partial charge in [-0.25, -0.2) is 0 Å². The van der Waals surface area contributed by atoms with Gasteiger partial charge in [0, 0.05) is 17.0 Å². The van der Waals surface area contributed by atoms with Crippen LogP contribution in [0.5, 0.6) is 0 Å². The van der Waals surface area contributed by atoms with Crippen molar-refractivity contribution < 1.29 is 5.11 Å². The molecule has 2 unspecified atom stereocenters. The maximum Gasteiger partial charge on any atom is 0.103 e. The third kappa shape index (κ3) is 2.84. The average Bonchev–Trinajstić information content (AvgIpc) is 2.97. The van der Waals surface area contributed by atoms with Crippen LogP contribution in [0.15, 0.2) is 17.5 Å². The summed E-state index contributed by atoms with van der Waals surface area (Å²) in [6.07, 6.45) is 5.86. The molecular formula is C13H21NOS. The van der Waals surface area contributed by atoms with Crippen LogP contribution in [0.4, 0.5) is 0 Å². The summed E-state index contributed by atoms with van der Waals surface area (Å²) in [5, 5.41) is 15.9. The van der Waals surface area contributed by atoms with Crippen LogP contribution in [-0.2, 0) is 0 Å². The molecule has 0 aliphatic heterocycles. The van der Waals surface area contributed by atoms with Crippen molar-refractivity contribution in [2.75, 3.05) is 0 Å². The van der Waals surface area contributed by atoms with E-state index < -0.39 is 0 Å². The molecule has 1 heterocycles. The van der Waals surface area contributed by atoms with E-state index in [1.165, 1.54) is 25.7 Å². The zero-order chi connectivity index (χ0) is 11.4. The maximum atomic E-state index is 10.3. The standard InChI is InChI=1S/C13H21NOS/c1-2-11(14-10-6-3-4-7-10)13(15)12-8-5-9-16-12/h5,8-11,13-15H,2-4,6-7H2,1H3. The predicted octanol–water partition coefficient (Wildman–Crippen LogP) is 3.09. The summed E-state index contributed by atoms with van der Waals surface area (Å²) in [5.41, 5.74) is 0. The molecule has 0 amide bonds. The first kappa shape index (κ1) is 12.1. The van der Waals surface area contributed by atoms with Crippen molar-refractivity contribution in [3.05, 3.63) is 22.4 Å². The van der Waals surface area contributed by atoms with Crippen molar-refractivity contribution in [2.45, 2.75) is 57.2 Å². The number of hydrogen-bond donors (Lipinski definition) is 2. The summed E-state index contributed by atoms with van der Waals surface area (Å²) >= 11 is 1.64. The van der Waals surface area contributed by atoms with E-state index in [9.17, 15) is 5.11 Å². The Morgan fingerprint density at radius 2 is 2.25 bits per heavy atom. The van der Waals surface area contributed by atoms with Gasteiger partial charge in [0.05, 0.1) is 0 Å². The summed E-state index contributed by atoms with van der Waals surface area (Å²) in [5.74, 6) is 0. The number of aliphatic hydroxyl groups excluding tert-OH is 1. The van der Waals surface area contributed by atoms with Gasteiger partial charge < -0.3 is 10.4 Å². The van der Waals surface area contributed by atoms with Crippen LogP contribution in [-0.4, -0.2) is 17.2 Å². The van der Waals surface area contributed by atoms with Crippen molar-refractivity contribution in [1.29, 1.82) is 0 Å². The Bertz CT molecular complexity index is 293. The summed E-state index contributed by atoms with van der Waals surface area (Å²) in [7, 11) is 0. The Morgan fingerprint density at radius 3 is 2.81 bits per heavy atom. The fourth-order valence-corrected chi connectivity index (χ4v) is 3.26. The van der Waals surface area contributed by atoms with Crippen LogP contribution < -0.4 is 5.32 Å². The van der Waals surface area contributed by atoms with Gasteiger partial charge in [0.15, 0.2) is 0 Å². The minimum atomic E-state index is -0.342. The van der Waals surface area contributed by atoms with Crippen LogP contribution in [0.1, 0.15) is 50.0 Å². The Hall–Kier alpha value is -0.380. The van der Waals surface area contributed by atoms with E-state index in [1.807, 2.05) is 17.5 Å². The molecule has 1 aromatic heterocycles. The van der Waals surface area contributed by atoms with E-state index in [2.05, 4.69) is 12.2 Å². The largest absolute Gasteiger partial charge is 0.386 e. The first-order chi connectivity index (χ1) is 7.81. The molecule has 0 bridgehead atoms. The van der Waals surface area contributed by atoms with Gasteiger partial charge in [0.25, 0.3) is 0 Å². The minimum absolute atomic E-state index is 0.210. The van der Waals surface area contributed by atoms with Crippen LogP contribution >= 0.6 is 11.3 Å². The van der Waals surface area contributed by atoms with Crippen molar-refractivity contribution in [1.82, 2.24) is 5.32 Å². The van der Waals surface area contributed by atoms with Gasteiger partial charge in [0.1, 0.15) is 6.10 Å². The van der Waals surface area contributed by atoms with Gasteiger partial charge in [-0.1, -0.05) is 25.8 Å². The summed E-state index contributed by atoms with van der Waals surface area (Å²) in [6.45, 7) is 2.14. The van der Waals surface area contributed by atoms with E-state index in [0.717, 1.165) is 11.3 Å². The Kier molecular flexibility index (Phi) is 4.38. The molecule has 0 aromatic carbocycles. The molecule has 2 rings (SSSR count). The average molecular weight is 239 g/mol. The number of rotatable bonds is 5. The molecular weight excluding hydrogens is 218 g/mol. The fraction of sp³-hybridized carbons (Fsp3) is 0.692. The Morgan fingerprint density at radius 1 is 1.50 bits per heavy atom. The van der Waals surface area contributed by atoms with Crippen molar-refractivity contribution in [3.8, 4) is 0 Å². The zero-order valence-corrected chi connectivity index (χ0v) is 10.7. The molecule has 16 heavy (non-hydrogen) atoms. The molecule has 3 heteroatoms. The smallest absolute Gasteiger partial charge is 0.103 e. The monoisotopic (exact) mass is 239 g/mol. The first-order valence-corrected chi connectivity index (χ1v) is 7.16. The van der Waals surface area contributed by atoms with Crippen molar-refractivity contribution in [3.63, 3.8) is 0 Å². The number of aliphatic hydroxyl groups is 1. The predicted molar refractivity (Wildman–Crippen MR) is 68.7 cm³/mol. The highest BCUT2D eigenvalue weighted by molar-refractivity contribution is 7.10. The fourth-order valence-electron chi connectivity index (χ4n) is 2.49. The maximum absolute atomic E-state index is 10.3. The molecule has 2 atom stereocenters. The van der Waals surface area contributed by atoms with E-state index in [4.69, 9.17) is 0 Å². The second-order valence-electron chi connectivity index (χ2n) is 4.62. The third-order valence-electron chi connectivity index (χ3n) is 3.46. The zero-order valence-electron chi connectivity index (χ0n) is 9.86. The van der Waals surface area contributed by atoms with E-state index in [0.29, 0.717) is 6.04 Å². The van der Waals surface area contributed by atoms with Gasteiger partial charge >= 0.3 is 0 Å². The SMILES string of the molecule is CCC(NC1CCCC1)C(O)c1cccs1.